The van der Waals surface area contributed by atoms with Crippen LogP contribution in [0.5, 0.6) is 11.5 Å². The molecular formula is C30H24N2O5. The third kappa shape index (κ3) is 4.79. The Labute approximate surface area is 214 Å². The molecule has 0 radical (unpaired) electrons. The number of nitrogens with zero attached hydrogens (tertiary/aromatic N) is 2. The number of hydrogen-bond donors (Lipinski definition) is 1. The summed E-state index contributed by atoms with van der Waals surface area (Å²) in [7, 11) is 1.54. The molecule has 184 valence electrons. The summed E-state index contributed by atoms with van der Waals surface area (Å²) in [4.78, 5) is 32.3. The van der Waals surface area contributed by atoms with Crippen LogP contribution in [0.2, 0.25) is 0 Å². The first-order valence-corrected chi connectivity index (χ1v) is 11.7. The summed E-state index contributed by atoms with van der Waals surface area (Å²) in [5.74, 6) is -0.580. The number of aliphatic hydroxyl groups excluding tert-OH is 1. The molecule has 2 heterocycles. The van der Waals surface area contributed by atoms with E-state index in [-0.39, 0.29) is 11.3 Å². The van der Waals surface area contributed by atoms with Gasteiger partial charge in [0, 0.05) is 17.4 Å². The van der Waals surface area contributed by atoms with Crippen LogP contribution in [0.25, 0.3) is 5.76 Å². The van der Waals surface area contributed by atoms with E-state index >= 15 is 0 Å². The van der Waals surface area contributed by atoms with Gasteiger partial charge in [0.05, 0.1) is 18.4 Å². The van der Waals surface area contributed by atoms with E-state index in [4.69, 9.17) is 9.47 Å². The maximum atomic E-state index is 13.3. The van der Waals surface area contributed by atoms with Gasteiger partial charge in [-0.2, -0.15) is 0 Å². The highest BCUT2D eigenvalue weighted by Crippen LogP contribution is 2.41. The molecule has 1 amide bonds. The molecular weight excluding hydrogens is 468 g/mol. The van der Waals surface area contributed by atoms with Crippen LogP contribution < -0.4 is 14.4 Å². The standard InChI is InChI=1S/C30H24N2O5/c1-36-23-14-10-21(11-15-23)28(33)26-27(25-9-5-6-18-31-25)32(30(35)29(26)34)22-12-16-24(17-13-22)37-19-20-7-3-2-4-8-20/h2-18,27,33H,19H2,1H3/b28-26-. The molecule has 4 aromatic rings. The fraction of sp³-hybridized carbons (Fsp3) is 0.100. The van der Waals surface area contributed by atoms with Gasteiger partial charge in [-0.15, -0.1) is 0 Å². The molecule has 1 saturated heterocycles. The Morgan fingerprint density at radius 2 is 1.54 bits per heavy atom. The molecule has 1 aliphatic rings. The van der Waals surface area contributed by atoms with Gasteiger partial charge in [0.15, 0.2) is 0 Å². The lowest BCUT2D eigenvalue weighted by Crippen LogP contribution is -2.29. The zero-order chi connectivity index (χ0) is 25.8. The molecule has 7 nitrogen and oxygen atoms in total. The number of amides is 1. The highest BCUT2D eigenvalue weighted by Gasteiger charge is 2.47. The monoisotopic (exact) mass is 492 g/mol. The van der Waals surface area contributed by atoms with Crippen LogP contribution in [0.3, 0.4) is 0 Å². The lowest BCUT2D eigenvalue weighted by Gasteiger charge is -2.24. The topological polar surface area (TPSA) is 89.0 Å². The molecule has 37 heavy (non-hydrogen) atoms. The van der Waals surface area contributed by atoms with Crippen LogP contribution in [0.15, 0.2) is 109 Å². The minimum absolute atomic E-state index is 0.0294. The van der Waals surface area contributed by atoms with E-state index in [2.05, 4.69) is 4.98 Å². The maximum absolute atomic E-state index is 13.3. The number of pyridine rings is 1. The van der Waals surface area contributed by atoms with Gasteiger partial charge in [0.1, 0.15) is 29.9 Å². The summed E-state index contributed by atoms with van der Waals surface area (Å²) >= 11 is 0. The van der Waals surface area contributed by atoms with Gasteiger partial charge in [0.25, 0.3) is 11.7 Å². The molecule has 1 aromatic heterocycles. The number of ketones is 1. The minimum Gasteiger partial charge on any atom is -0.507 e. The number of carbonyl (C=O) groups is 2. The average molecular weight is 493 g/mol. The van der Waals surface area contributed by atoms with E-state index in [0.717, 1.165) is 5.56 Å². The molecule has 3 aromatic carbocycles. The number of benzene rings is 3. The van der Waals surface area contributed by atoms with Crippen molar-refractivity contribution in [3.05, 3.63) is 126 Å². The first-order valence-electron chi connectivity index (χ1n) is 11.7. The largest absolute Gasteiger partial charge is 0.507 e. The van der Waals surface area contributed by atoms with E-state index in [1.165, 1.54) is 4.90 Å². The number of Topliss-reactive ketones (excluding diaryl/α,β-unsaturated/α-hetero) is 1. The first kappa shape index (κ1) is 23.8. The summed E-state index contributed by atoms with van der Waals surface area (Å²) in [6, 6.07) is 27.7. The van der Waals surface area contributed by atoms with Gasteiger partial charge in [0.2, 0.25) is 0 Å². The Morgan fingerprint density at radius 1 is 0.865 bits per heavy atom. The fourth-order valence-corrected chi connectivity index (χ4v) is 4.26. The molecule has 0 bridgehead atoms. The Kier molecular flexibility index (Phi) is 6.68. The number of ether oxygens (including phenoxy) is 2. The fourth-order valence-electron chi connectivity index (χ4n) is 4.26. The minimum atomic E-state index is -0.903. The van der Waals surface area contributed by atoms with Gasteiger partial charge in [-0.3, -0.25) is 19.5 Å². The van der Waals surface area contributed by atoms with Gasteiger partial charge >= 0.3 is 0 Å². The molecule has 7 heteroatoms. The molecule has 0 aliphatic carbocycles. The van der Waals surface area contributed by atoms with Crippen molar-refractivity contribution < 1.29 is 24.2 Å². The summed E-state index contributed by atoms with van der Waals surface area (Å²) in [5, 5.41) is 11.2. The van der Waals surface area contributed by atoms with Crippen molar-refractivity contribution in [1.29, 1.82) is 0 Å². The molecule has 1 atom stereocenters. The lowest BCUT2D eigenvalue weighted by atomic mass is 9.98. The summed E-state index contributed by atoms with van der Waals surface area (Å²) in [6.07, 6.45) is 1.59. The Balaban J connectivity index is 1.51. The number of aliphatic hydroxyl groups is 1. The van der Waals surface area contributed by atoms with Crippen molar-refractivity contribution in [1.82, 2.24) is 4.98 Å². The number of rotatable bonds is 7. The second-order valence-electron chi connectivity index (χ2n) is 8.42. The molecule has 1 unspecified atom stereocenters. The first-order chi connectivity index (χ1) is 18.1. The van der Waals surface area contributed by atoms with Crippen molar-refractivity contribution in [3.8, 4) is 11.5 Å². The molecule has 1 fully saturated rings. The predicted molar refractivity (Wildman–Crippen MR) is 139 cm³/mol. The molecule has 5 rings (SSSR count). The molecule has 0 spiro atoms. The number of aromatic nitrogens is 1. The van der Waals surface area contributed by atoms with Crippen molar-refractivity contribution in [2.24, 2.45) is 0 Å². The Hall–Kier alpha value is -4.91. The van der Waals surface area contributed by atoms with Crippen LogP contribution in [0.4, 0.5) is 5.69 Å². The number of carbonyl (C=O) groups excluding carboxylic acids is 2. The predicted octanol–water partition coefficient (Wildman–Crippen LogP) is 5.30. The summed E-state index contributed by atoms with van der Waals surface area (Å²) in [6.45, 7) is 0.403. The Morgan fingerprint density at radius 3 is 2.19 bits per heavy atom. The SMILES string of the molecule is COc1ccc(/C(O)=C2/C(=O)C(=O)N(c3ccc(OCc4ccccc4)cc3)C2c2ccccn2)cc1. The lowest BCUT2D eigenvalue weighted by molar-refractivity contribution is -0.132. The van der Waals surface area contributed by atoms with Crippen molar-refractivity contribution in [2.75, 3.05) is 12.0 Å². The van der Waals surface area contributed by atoms with Gasteiger partial charge in [-0.05, 0) is 66.2 Å². The zero-order valence-electron chi connectivity index (χ0n) is 20.1. The van der Waals surface area contributed by atoms with Crippen molar-refractivity contribution >= 4 is 23.1 Å². The number of anilines is 1. The normalized spacial score (nSPS) is 16.6. The van der Waals surface area contributed by atoms with Crippen molar-refractivity contribution in [2.45, 2.75) is 12.6 Å². The van der Waals surface area contributed by atoms with Gasteiger partial charge < -0.3 is 14.6 Å². The van der Waals surface area contributed by atoms with Crippen LogP contribution >= 0.6 is 0 Å². The zero-order valence-corrected chi connectivity index (χ0v) is 20.1. The van der Waals surface area contributed by atoms with Crippen LogP contribution in [-0.4, -0.2) is 28.9 Å². The van der Waals surface area contributed by atoms with E-state index in [9.17, 15) is 14.7 Å². The third-order valence-corrected chi connectivity index (χ3v) is 6.14. The second-order valence-corrected chi connectivity index (χ2v) is 8.42. The van der Waals surface area contributed by atoms with Crippen LogP contribution in [0, 0.1) is 0 Å². The summed E-state index contributed by atoms with van der Waals surface area (Å²) in [5.41, 5.74) is 2.34. The molecule has 1 N–H and O–H groups in total. The maximum Gasteiger partial charge on any atom is 0.300 e. The number of methoxy groups -OCH3 is 1. The third-order valence-electron chi connectivity index (χ3n) is 6.14. The highest BCUT2D eigenvalue weighted by atomic mass is 16.5. The number of hydrogen-bond acceptors (Lipinski definition) is 6. The second kappa shape index (κ2) is 10.4. The highest BCUT2D eigenvalue weighted by molar-refractivity contribution is 6.51. The molecule has 0 saturated carbocycles. The van der Waals surface area contributed by atoms with Crippen LogP contribution in [0.1, 0.15) is 22.9 Å². The average Bonchev–Trinajstić information content (AvgIpc) is 3.23. The molecule has 1 aliphatic heterocycles. The van der Waals surface area contributed by atoms with Crippen molar-refractivity contribution in [3.63, 3.8) is 0 Å². The quantitative estimate of drug-likeness (QED) is 0.214. The van der Waals surface area contributed by atoms with E-state index in [1.54, 1.807) is 80.0 Å². The van der Waals surface area contributed by atoms with Gasteiger partial charge in [-0.1, -0.05) is 36.4 Å². The van der Waals surface area contributed by atoms with E-state index in [0.29, 0.717) is 35.1 Å². The van der Waals surface area contributed by atoms with Crippen LogP contribution in [-0.2, 0) is 16.2 Å². The smallest absolute Gasteiger partial charge is 0.300 e. The van der Waals surface area contributed by atoms with E-state index < -0.39 is 17.7 Å². The van der Waals surface area contributed by atoms with Gasteiger partial charge in [-0.25, -0.2) is 0 Å². The summed E-state index contributed by atoms with van der Waals surface area (Å²) < 4.78 is 11.0. The Bertz CT molecular complexity index is 1430. The van der Waals surface area contributed by atoms with E-state index in [1.807, 2.05) is 30.3 Å².